The zero-order valence-corrected chi connectivity index (χ0v) is 31.2. The molecule has 0 aromatic heterocycles. The van der Waals surface area contributed by atoms with Gasteiger partial charge >= 0.3 is 12.1 Å². The molecule has 3 rings (SSSR count). The summed E-state index contributed by atoms with van der Waals surface area (Å²) in [6.45, 7) is 17.8. The summed E-state index contributed by atoms with van der Waals surface area (Å²) in [7, 11) is 1.29. The molecule has 0 saturated carbocycles. The number of nitrogens with one attached hydrogen (secondary N) is 3. The number of amides is 3. The molecule has 1 unspecified atom stereocenters. The largest absolute Gasteiger partial charge is 0.491 e. The monoisotopic (exact) mass is 705 g/mol. The second-order valence-electron chi connectivity index (χ2n) is 13.9. The smallest absolute Gasteiger partial charge is 0.412 e. The molecule has 3 aromatic rings. The van der Waals surface area contributed by atoms with Crippen molar-refractivity contribution in [3.8, 4) is 17.2 Å². The molecule has 1 atom stereocenters. The third kappa shape index (κ3) is 12.5. The second kappa shape index (κ2) is 18.1. The van der Waals surface area contributed by atoms with Gasteiger partial charge in [-0.1, -0.05) is 34.6 Å². The van der Waals surface area contributed by atoms with Crippen LogP contribution in [0.2, 0.25) is 0 Å². The third-order valence-electron chi connectivity index (χ3n) is 7.07. The van der Waals surface area contributed by atoms with Gasteiger partial charge < -0.3 is 34.3 Å². The van der Waals surface area contributed by atoms with Crippen molar-refractivity contribution >= 4 is 40.9 Å². The van der Waals surface area contributed by atoms with E-state index in [0.717, 1.165) is 0 Å². The van der Waals surface area contributed by atoms with Gasteiger partial charge in [0.2, 0.25) is 0 Å². The van der Waals surface area contributed by atoms with Gasteiger partial charge in [0.05, 0.1) is 49.1 Å². The number of hydrogen-bond acceptors (Lipinski definition) is 9. The SMILES string of the molecule is CCC(C)Oc1cc(C(=O)OC)ccc1NC(=O)c1ccc(NC(=O)c2ccc(NC(=O)OC(C)(C)C)c(OCC(C)C)c2)c(OCC(C)C)c1. The lowest BCUT2D eigenvalue weighted by atomic mass is 10.1. The highest BCUT2D eigenvalue weighted by Gasteiger charge is 2.21. The van der Waals surface area contributed by atoms with E-state index < -0.39 is 29.5 Å². The average molecular weight is 706 g/mol. The Morgan fingerprint density at radius 3 is 1.51 bits per heavy atom. The van der Waals surface area contributed by atoms with Crippen LogP contribution < -0.4 is 30.2 Å². The normalized spacial score (nSPS) is 11.8. The van der Waals surface area contributed by atoms with Gasteiger partial charge in [0.25, 0.3) is 11.8 Å². The maximum absolute atomic E-state index is 13.6. The minimum atomic E-state index is -0.698. The van der Waals surface area contributed by atoms with Crippen LogP contribution in [0.5, 0.6) is 17.2 Å². The molecule has 3 amide bonds. The predicted molar refractivity (Wildman–Crippen MR) is 197 cm³/mol. The fraction of sp³-hybridized carbons (Fsp3) is 0.436. The van der Waals surface area contributed by atoms with Crippen molar-refractivity contribution in [1.82, 2.24) is 0 Å². The fourth-order valence-corrected chi connectivity index (χ4v) is 4.36. The van der Waals surface area contributed by atoms with Crippen molar-refractivity contribution in [2.24, 2.45) is 11.8 Å². The van der Waals surface area contributed by atoms with Crippen molar-refractivity contribution in [1.29, 1.82) is 0 Å². The van der Waals surface area contributed by atoms with Crippen molar-refractivity contribution in [2.75, 3.05) is 36.3 Å². The molecule has 0 aliphatic carbocycles. The fourth-order valence-electron chi connectivity index (χ4n) is 4.36. The Balaban J connectivity index is 1.90. The number of anilines is 3. The summed E-state index contributed by atoms with van der Waals surface area (Å²) < 4.78 is 28.2. The summed E-state index contributed by atoms with van der Waals surface area (Å²) in [5.74, 6) is -0.177. The third-order valence-corrected chi connectivity index (χ3v) is 7.07. The minimum absolute atomic E-state index is 0.158. The maximum atomic E-state index is 13.6. The van der Waals surface area contributed by atoms with Crippen molar-refractivity contribution in [2.45, 2.75) is 80.4 Å². The molecule has 0 fully saturated rings. The first-order chi connectivity index (χ1) is 24.0. The molecular formula is C39H51N3O9. The molecule has 0 spiro atoms. The average Bonchev–Trinajstić information content (AvgIpc) is 3.06. The Labute approximate surface area is 300 Å². The second-order valence-corrected chi connectivity index (χ2v) is 13.9. The minimum Gasteiger partial charge on any atom is -0.491 e. The molecule has 0 aliphatic heterocycles. The molecule has 0 aliphatic rings. The van der Waals surface area contributed by atoms with Crippen LogP contribution in [0.15, 0.2) is 54.6 Å². The number of carbonyl (C=O) groups is 4. The summed E-state index contributed by atoms with van der Waals surface area (Å²) in [5, 5.41) is 8.45. The summed E-state index contributed by atoms with van der Waals surface area (Å²) >= 11 is 0. The zero-order chi connectivity index (χ0) is 37.9. The van der Waals surface area contributed by atoms with Crippen molar-refractivity contribution in [3.63, 3.8) is 0 Å². The molecule has 3 N–H and O–H groups in total. The van der Waals surface area contributed by atoms with Crippen LogP contribution in [0.25, 0.3) is 0 Å². The van der Waals surface area contributed by atoms with Gasteiger partial charge in [0, 0.05) is 11.1 Å². The molecule has 0 bridgehead atoms. The zero-order valence-electron chi connectivity index (χ0n) is 31.2. The molecule has 0 radical (unpaired) electrons. The number of ether oxygens (including phenoxy) is 5. The Bertz CT molecular complexity index is 1700. The van der Waals surface area contributed by atoms with Gasteiger partial charge in [-0.3, -0.25) is 14.9 Å². The highest BCUT2D eigenvalue weighted by atomic mass is 16.6. The van der Waals surface area contributed by atoms with E-state index in [2.05, 4.69) is 16.0 Å². The van der Waals surface area contributed by atoms with Gasteiger partial charge in [-0.05, 0) is 101 Å². The number of rotatable bonds is 15. The number of methoxy groups -OCH3 is 1. The summed E-state index contributed by atoms with van der Waals surface area (Å²) in [5.41, 5.74) is 1.19. The highest BCUT2D eigenvalue weighted by Crippen LogP contribution is 2.32. The topological polar surface area (TPSA) is 151 Å². The predicted octanol–water partition coefficient (Wildman–Crippen LogP) is 8.57. The molecule has 3 aromatic carbocycles. The Kier molecular flexibility index (Phi) is 14.3. The van der Waals surface area contributed by atoms with Gasteiger partial charge in [-0.15, -0.1) is 0 Å². The van der Waals surface area contributed by atoms with Gasteiger partial charge in [0.15, 0.2) is 0 Å². The Morgan fingerprint density at radius 1 is 0.647 bits per heavy atom. The molecule has 0 heterocycles. The van der Waals surface area contributed by atoms with Gasteiger partial charge in [-0.25, -0.2) is 9.59 Å². The molecule has 12 nitrogen and oxygen atoms in total. The summed E-state index contributed by atoms with van der Waals surface area (Å²) in [4.78, 5) is 51.7. The first-order valence-electron chi connectivity index (χ1n) is 17.0. The van der Waals surface area contributed by atoms with Crippen LogP contribution in [-0.2, 0) is 9.47 Å². The van der Waals surface area contributed by atoms with E-state index in [1.54, 1.807) is 69.3 Å². The van der Waals surface area contributed by atoms with Crippen LogP contribution in [-0.4, -0.2) is 55.9 Å². The van der Waals surface area contributed by atoms with Gasteiger partial charge in [0.1, 0.15) is 22.8 Å². The van der Waals surface area contributed by atoms with Crippen LogP contribution in [0.3, 0.4) is 0 Å². The van der Waals surface area contributed by atoms with E-state index >= 15 is 0 Å². The van der Waals surface area contributed by atoms with E-state index in [-0.39, 0.29) is 34.6 Å². The van der Waals surface area contributed by atoms with Crippen LogP contribution in [0.4, 0.5) is 21.9 Å². The van der Waals surface area contributed by atoms with E-state index in [0.29, 0.717) is 53.9 Å². The van der Waals surface area contributed by atoms with Crippen LogP contribution >= 0.6 is 0 Å². The molecular weight excluding hydrogens is 654 g/mol. The molecule has 12 heteroatoms. The lowest BCUT2D eigenvalue weighted by molar-refractivity contribution is 0.0597. The number of carbonyl (C=O) groups excluding carboxylic acids is 4. The van der Waals surface area contributed by atoms with E-state index in [9.17, 15) is 19.2 Å². The standard InChI is InChI=1S/C39H51N3O9/c1-11-25(6)50-34-20-28(37(45)47-10)14-17-31(34)41-36(44)26-12-15-29(32(18-26)48-21-23(2)3)40-35(43)27-13-16-30(33(19-27)49-22-24(4)5)42-38(46)51-39(7,8)9/h12-20,23-25H,11,21-22H2,1-10H3,(H,40,43)(H,41,44)(H,42,46). The van der Waals surface area contributed by atoms with Crippen molar-refractivity contribution in [3.05, 3.63) is 71.3 Å². The molecule has 0 saturated heterocycles. The first kappa shape index (κ1) is 40.2. The van der Waals surface area contributed by atoms with E-state index in [1.165, 1.54) is 13.2 Å². The Morgan fingerprint density at radius 2 is 1.08 bits per heavy atom. The van der Waals surface area contributed by atoms with E-state index in [1.807, 2.05) is 41.5 Å². The number of hydrogen-bond donors (Lipinski definition) is 3. The van der Waals surface area contributed by atoms with Crippen LogP contribution in [0.1, 0.15) is 99.8 Å². The lowest BCUT2D eigenvalue weighted by Crippen LogP contribution is -2.27. The summed E-state index contributed by atoms with van der Waals surface area (Å²) in [6.07, 6.45) is -0.121. The lowest BCUT2D eigenvalue weighted by Gasteiger charge is -2.21. The molecule has 276 valence electrons. The highest BCUT2D eigenvalue weighted by molar-refractivity contribution is 6.08. The van der Waals surface area contributed by atoms with Gasteiger partial charge in [-0.2, -0.15) is 0 Å². The Hall–Kier alpha value is -5.26. The number of esters is 1. The summed E-state index contributed by atoms with van der Waals surface area (Å²) in [6, 6.07) is 14.1. The first-order valence-corrected chi connectivity index (χ1v) is 17.0. The van der Waals surface area contributed by atoms with Crippen LogP contribution in [0, 0.1) is 11.8 Å². The van der Waals surface area contributed by atoms with E-state index in [4.69, 9.17) is 23.7 Å². The molecule has 51 heavy (non-hydrogen) atoms. The quantitative estimate of drug-likeness (QED) is 0.132. The maximum Gasteiger partial charge on any atom is 0.412 e. The van der Waals surface area contributed by atoms with Crippen molar-refractivity contribution < 1.29 is 42.9 Å². The number of benzene rings is 3.